The van der Waals surface area contributed by atoms with Gasteiger partial charge in [-0.3, -0.25) is 30.0 Å². The number of unbranched alkanes of at least 4 members (excludes halogenated alkanes) is 1. The molecule has 11 nitrogen and oxygen atoms in total. The molecular weight excluding hydrogens is 428 g/mol. The molecule has 8 N–H and O–H groups in total. The van der Waals surface area contributed by atoms with Gasteiger partial charge in [-0.25, -0.2) is 0 Å². The number of para-hydroxylation sites is 1. The standard InChI is InChI=1S/C21H36N6O3.CH2O2/c1-14(2)18(25-19(28)15(3)23-4)21(30)24-17(12-8-9-13-22)20(29)27-26-16-10-6-5-7-11-16;2-1-3/h5-7,10-11,14-15,17-18,23,26H,8-9,12-13,22H2,1-4H3,(H,24,30)(H,25,28)(H,27,29);1H,(H,2,3)/t15-,17-,18-;/m0./s1. The molecule has 0 fully saturated rings. The molecule has 11 heteroatoms. The molecule has 0 aliphatic heterocycles. The lowest BCUT2D eigenvalue weighted by molar-refractivity contribution is -0.133. The number of amides is 3. The minimum Gasteiger partial charge on any atom is -0.483 e. The van der Waals surface area contributed by atoms with Gasteiger partial charge in [0.15, 0.2) is 0 Å². The molecule has 3 amide bonds. The monoisotopic (exact) mass is 466 g/mol. The Balaban J connectivity index is 0.00000322. The van der Waals surface area contributed by atoms with Gasteiger partial charge in [-0.2, -0.15) is 0 Å². The number of hydrogen-bond acceptors (Lipinski definition) is 7. The van der Waals surface area contributed by atoms with Gasteiger partial charge >= 0.3 is 0 Å². The molecule has 3 atom stereocenters. The molecule has 0 saturated heterocycles. The van der Waals surface area contributed by atoms with E-state index in [-0.39, 0.29) is 24.2 Å². The molecule has 0 aliphatic rings. The molecule has 0 radical (unpaired) electrons. The Bertz CT molecular complexity index is 716. The van der Waals surface area contributed by atoms with Crippen molar-refractivity contribution in [3.8, 4) is 0 Å². The minimum absolute atomic E-state index is 0.145. The molecule has 33 heavy (non-hydrogen) atoms. The molecule has 0 bridgehead atoms. The molecule has 0 aromatic heterocycles. The zero-order valence-electron chi connectivity index (χ0n) is 19.8. The molecule has 0 saturated carbocycles. The Labute approximate surface area is 195 Å². The van der Waals surface area contributed by atoms with Crippen molar-refractivity contribution >= 4 is 29.9 Å². The van der Waals surface area contributed by atoms with Gasteiger partial charge in [-0.1, -0.05) is 32.0 Å². The lowest BCUT2D eigenvalue weighted by Crippen LogP contribution is -2.57. The predicted molar refractivity (Wildman–Crippen MR) is 127 cm³/mol. The fourth-order valence-electron chi connectivity index (χ4n) is 2.71. The summed E-state index contributed by atoms with van der Waals surface area (Å²) in [6.45, 7) is 5.66. The number of rotatable bonds is 13. The van der Waals surface area contributed by atoms with E-state index in [0.717, 1.165) is 12.1 Å². The highest BCUT2D eigenvalue weighted by Crippen LogP contribution is 2.07. The number of carboxylic acid groups (broad SMARTS) is 1. The van der Waals surface area contributed by atoms with Crippen molar-refractivity contribution in [1.29, 1.82) is 0 Å². The number of nitrogens with one attached hydrogen (secondary N) is 5. The molecule has 1 aromatic rings. The lowest BCUT2D eigenvalue weighted by atomic mass is 10.0. The van der Waals surface area contributed by atoms with Crippen LogP contribution in [0.25, 0.3) is 0 Å². The predicted octanol–water partition coefficient (Wildman–Crippen LogP) is 0.193. The van der Waals surface area contributed by atoms with Crippen molar-refractivity contribution in [2.24, 2.45) is 11.7 Å². The Hall–Kier alpha value is -3.18. The zero-order chi connectivity index (χ0) is 25.2. The van der Waals surface area contributed by atoms with Gasteiger partial charge in [0.25, 0.3) is 12.4 Å². The van der Waals surface area contributed by atoms with Crippen LogP contribution in [-0.4, -0.2) is 61.0 Å². The van der Waals surface area contributed by atoms with Crippen LogP contribution in [0.4, 0.5) is 5.69 Å². The Kier molecular flexibility index (Phi) is 15.7. The zero-order valence-corrected chi connectivity index (χ0v) is 19.8. The van der Waals surface area contributed by atoms with Crippen LogP contribution < -0.4 is 32.5 Å². The normalized spacial score (nSPS) is 12.9. The summed E-state index contributed by atoms with van der Waals surface area (Å²) in [7, 11) is 1.67. The topological polar surface area (TPSA) is 175 Å². The van der Waals surface area contributed by atoms with Gasteiger partial charge in [0.1, 0.15) is 12.1 Å². The number of hydrogen-bond donors (Lipinski definition) is 7. The first-order valence-corrected chi connectivity index (χ1v) is 10.9. The third-order valence-electron chi connectivity index (χ3n) is 4.76. The maximum Gasteiger partial charge on any atom is 0.290 e. The van der Waals surface area contributed by atoms with E-state index in [0.29, 0.717) is 19.4 Å². The number of carbonyl (C=O) groups is 4. The van der Waals surface area contributed by atoms with Crippen molar-refractivity contribution < 1.29 is 24.3 Å². The third-order valence-corrected chi connectivity index (χ3v) is 4.76. The molecule has 0 spiro atoms. The van der Waals surface area contributed by atoms with Crippen LogP contribution >= 0.6 is 0 Å². The second-order valence-corrected chi connectivity index (χ2v) is 7.67. The van der Waals surface area contributed by atoms with Crippen LogP contribution in [0.2, 0.25) is 0 Å². The van der Waals surface area contributed by atoms with E-state index in [2.05, 4.69) is 26.8 Å². The number of likely N-dealkylation sites (N-methyl/N-ethyl adjacent to an activating group) is 1. The molecule has 0 heterocycles. The smallest absolute Gasteiger partial charge is 0.290 e. The first kappa shape index (κ1) is 29.8. The molecular formula is C22H38N6O5. The van der Waals surface area contributed by atoms with E-state index >= 15 is 0 Å². The van der Waals surface area contributed by atoms with Crippen LogP contribution in [0.3, 0.4) is 0 Å². The summed E-state index contributed by atoms with van der Waals surface area (Å²) in [5.74, 6) is -1.18. The summed E-state index contributed by atoms with van der Waals surface area (Å²) in [5, 5.41) is 15.3. The van der Waals surface area contributed by atoms with E-state index in [1.54, 1.807) is 14.0 Å². The van der Waals surface area contributed by atoms with Gasteiger partial charge in [0.05, 0.1) is 11.7 Å². The number of hydrazine groups is 1. The summed E-state index contributed by atoms with van der Waals surface area (Å²) in [5.41, 5.74) is 11.8. The largest absolute Gasteiger partial charge is 0.483 e. The van der Waals surface area contributed by atoms with Crippen LogP contribution in [0, 0.1) is 5.92 Å². The van der Waals surface area contributed by atoms with E-state index in [4.69, 9.17) is 15.6 Å². The Morgan fingerprint density at radius 1 is 1.00 bits per heavy atom. The Morgan fingerprint density at radius 3 is 2.12 bits per heavy atom. The van der Waals surface area contributed by atoms with Crippen molar-refractivity contribution in [3.05, 3.63) is 30.3 Å². The number of benzene rings is 1. The van der Waals surface area contributed by atoms with Gasteiger partial charge in [-0.15, -0.1) is 0 Å². The molecule has 1 aromatic carbocycles. The van der Waals surface area contributed by atoms with Crippen molar-refractivity contribution in [2.45, 2.75) is 58.2 Å². The number of carbonyl (C=O) groups excluding carboxylic acids is 3. The number of nitrogens with two attached hydrogens (primary N) is 1. The quantitative estimate of drug-likeness (QED) is 0.122. The van der Waals surface area contributed by atoms with Crippen LogP contribution in [0.15, 0.2) is 30.3 Å². The fraction of sp³-hybridized carbons (Fsp3) is 0.545. The first-order valence-electron chi connectivity index (χ1n) is 10.9. The average Bonchev–Trinajstić information content (AvgIpc) is 2.80. The average molecular weight is 467 g/mol. The third kappa shape index (κ3) is 12.4. The first-order chi connectivity index (χ1) is 15.7. The number of anilines is 1. The highest BCUT2D eigenvalue weighted by molar-refractivity contribution is 5.93. The van der Waals surface area contributed by atoms with Crippen LogP contribution in [0.1, 0.15) is 40.0 Å². The molecule has 0 aliphatic carbocycles. The van der Waals surface area contributed by atoms with E-state index < -0.39 is 24.0 Å². The van der Waals surface area contributed by atoms with Crippen LogP contribution in [0.5, 0.6) is 0 Å². The van der Waals surface area contributed by atoms with Crippen molar-refractivity contribution in [3.63, 3.8) is 0 Å². The highest BCUT2D eigenvalue weighted by atomic mass is 16.3. The van der Waals surface area contributed by atoms with Gasteiger partial charge in [0, 0.05) is 0 Å². The second-order valence-electron chi connectivity index (χ2n) is 7.67. The summed E-state index contributed by atoms with van der Waals surface area (Å²) in [4.78, 5) is 46.2. The summed E-state index contributed by atoms with van der Waals surface area (Å²) < 4.78 is 0. The van der Waals surface area contributed by atoms with E-state index in [1.165, 1.54) is 0 Å². The molecule has 0 unspecified atom stereocenters. The van der Waals surface area contributed by atoms with Gasteiger partial charge in [0.2, 0.25) is 11.8 Å². The Morgan fingerprint density at radius 2 is 1.61 bits per heavy atom. The summed E-state index contributed by atoms with van der Waals surface area (Å²) in [6.07, 6.45) is 1.88. The van der Waals surface area contributed by atoms with E-state index in [9.17, 15) is 14.4 Å². The highest BCUT2D eigenvalue weighted by Gasteiger charge is 2.29. The van der Waals surface area contributed by atoms with Gasteiger partial charge < -0.3 is 26.8 Å². The summed E-state index contributed by atoms with van der Waals surface area (Å²) >= 11 is 0. The van der Waals surface area contributed by atoms with Crippen LogP contribution in [-0.2, 0) is 19.2 Å². The maximum atomic E-state index is 12.9. The molecule has 186 valence electrons. The van der Waals surface area contributed by atoms with Gasteiger partial charge in [-0.05, 0) is 57.8 Å². The maximum absolute atomic E-state index is 12.9. The van der Waals surface area contributed by atoms with Crippen molar-refractivity contribution in [1.82, 2.24) is 21.4 Å². The SMILES string of the molecule is CN[C@@H](C)C(=O)N[C@H](C(=O)N[C@@H](CCCCN)C(=O)NNc1ccccc1)C(C)C.O=CO. The van der Waals surface area contributed by atoms with Crippen molar-refractivity contribution in [2.75, 3.05) is 19.0 Å². The molecule has 1 rings (SSSR count). The second kappa shape index (κ2) is 17.4. The lowest BCUT2D eigenvalue weighted by Gasteiger charge is -2.26. The summed E-state index contributed by atoms with van der Waals surface area (Å²) in [6, 6.07) is 7.26. The minimum atomic E-state index is -0.750. The van der Waals surface area contributed by atoms with E-state index in [1.807, 2.05) is 44.2 Å². The fourth-order valence-corrected chi connectivity index (χ4v) is 2.71.